The van der Waals surface area contributed by atoms with Gasteiger partial charge in [0.2, 0.25) is 5.88 Å². The summed E-state index contributed by atoms with van der Waals surface area (Å²) in [5.41, 5.74) is 7.72. The topological polar surface area (TPSA) is 110 Å². The van der Waals surface area contributed by atoms with Gasteiger partial charge in [-0.05, 0) is 18.6 Å². The molecule has 0 aliphatic rings. The number of aromatic amines is 1. The number of pyridine rings is 2. The molecule has 0 saturated carbocycles. The summed E-state index contributed by atoms with van der Waals surface area (Å²) in [6.45, 7) is 2.41. The number of H-pyrrole nitrogens is 1. The monoisotopic (exact) mass is 352 g/mol. The highest BCUT2D eigenvalue weighted by atomic mass is 16.5. The van der Waals surface area contributed by atoms with Crippen LogP contribution in [-0.2, 0) is 0 Å². The van der Waals surface area contributed by atoms with Gasteiger partial charge < -0.3 is 20.8 Å². The highest BCUT2D eigenvalue weighted by Gasteiger charge is 2.19. The van der Waals surface area contributed by atoms with E-state index in [0.29, 0.717) is 23.3 Å². The van der Waals surface area contributed by atoms with Crippen molar-refractivity contribution < 1.29 is 9.53 Å². The van der Waals surface area contributed by atoms with E-state index in [1.807, 2.05) is 25.1 Å². The van der Waals surface area contributed by atoms with E-state index in [-0.39, 0.29) is 11.3 Å². The van der Waals surface area contributed by atoms with Crippen molar-refractivity contribution in [1.29, 1.82) is 0 Å². The number of hydrogen-bond donors (Lipinski definition) is 3. The lowest BCUT2D eigenvalue weighted by atomic mass is 10.0. The van der Waals surface area contributed by atoms with Crippen molar-refractivity contribution in [3.05, 3.63) is 52.4 Å². The van der Waals surface area contributed by atoms with E-state index >= 15 is 0 Å². The first-order chi connectivity index (χ1) is 12.6. The number of methoxy groups -OCH3 is 1. The molecule has 3 aromatic rings. The number of ether oxygens (including phenoxy) is 1. The number of amides is 1. The third-order valence-electron chi connectivity index (χ3n) is 4.11. The Morgan fingerprint density at radius 2 is 2.04 bits per heavy atom. The number of nitrogens with two attached hydrogens (primary N) is 1. The van der Waals surface area contributed by atoms with Gasteiger partial charge in [0.1, 0.15) is 5.56 Å². The van der Waals surface area contributed by atoms with Crippen LogP contribution in [0.3, 0.4) is 0 Å². The Labute approximate surface area is 150 Å². The van der Waals surface area contributed by atoms with E-state index in [9.17, 15) is 9.59 Å². The van der Waals surface area contributed by atoms with E-state index in [4.69, 9.17) is 10.5 Å². The van der Waals surface area contributed by atoms with Crippen LogP contribution in [0.2, 0.25) is 0 Å². The minimum Gasteiger partial charge on any atom is -0.481 e. The first kappa shape index (κ1) is 17.5. The molecule has 7 heteroatoms. The Kier molecular flexibility index (Phi) is 4.88. The van der Waals surface area contributed by atoms with Crippen molar-refractivity contribution in [3.63, 3.8) is 0 Å². The number of carbonyl (C=O) groups is 1. The highest BCUT2D eigenvalue weighted by molar-refractivity contribution is 6.09. The van der Waals surface area contributed by atoms with Crippen LogP contribution >= 0.6 is 0 Å². The summed E-state index contributed by atoms with van der Waals surface area (Å²) in [7, 11) is 1.53. The summed E-state index contributed by atoms with van der Waals surface area (Å²) in [5.74, 6) is -0.0407. The largest absolute Gasteiger partial charge is 0.481 e. The summed E-state index contributed by atoms with van der Waals surface area (Å²) < 4.78 is 5.32. The number of para-hydroxylation sites is 1. The van der Waals surface area contributed by atoms with Crippen LogP contribution < -0.4 is 21.3 Å². The van der Waals surface area contributed by atoms with Crippen LogP contribution in [0.5, 0.6) is 5.88 Å². The number of nitrogen functional groups attached to an aromatic ring is 1. The van der Waals surface area contributed by atoms with Gasteiger partial charge in [-0.2, -0.15) is 0 Å². The number of hydrogen-bond acceptors (Lipinski definition) is 5. The normalized spacial score (nSPS) is 10.7. The first-order valence-electron chi connectivity index (χ1n) is 8.30. The summed E-state index contributed by atoms with van der Waals surface area (Å²) in [6, 6.07) is 9.05. The zero-order valence-corrected chi connectivity index (χ0v) is 14.6. The first-order valence-corrected chi connectivity index (χ1v) is 8.30. The van der Waals surface area contributed by atoms with Crippen LogP contribution in [0.1, 0.15) is 23.7 Å². The Morgan fingerprint density at radius 1 is 1.27 bits per heavy atom. The Morgan fingerprint density at radius 3 is 2.77 bits per heavy atom. The fourth-order valence-electron chi connectivity index (χ4n) is 2.88. The molecule has 7 nitrogen and oxygen atoms in total. The molecule has 0 aliphatic carbocycles. The van der Waals surface area contributed by atoms with Gasteiger partial charge in [-0.3, -0.25) is 9.59 Å². The second-order valence-electron chi connectivity index (χ2n) is 5.79. The lowest BCUT2D eigenvalue weighted by Gasteiger charge is -2.13. The van der Waals surface area contributed by atoms with Gasteiger partial charge in [-0.15, -0.1) is 0 Å². The van der Waals surface area contributed by atoms with E-state index < -0.39 is 11.5 Å². The molecule has 1 amide bonds. The summed E-state index contributed by atoms with van der Waals surface area (Å²) in [6.07, 6.45) is 2.39. The van der Waals surface area contributed by atoms with Gasteiger partial charge >= 0.3 is 0 Å². The maximum Gasteiger partial charge on any atom is 0.263 e. The molecule has 1 aromatic carbocycles. The molecule has 0 aliphatic heterocycles. The molecule has 3 rings (SSSR count). The number of carbonyl (C=O) groups excluding carboxylic acids is 1. The molecule has 0 bridgehead atoms. The second kappa shape index (κ2) is 7.26. The lowest BCUT2D eigenvalue weighted by Crippen LogP contribution is -2.31. The van der Waals surface area contributed by atoms with E-state index in [1.54, 1.807) is 18.3 Å². The fraction of sp³-hybridized carbons (Fsp3) is 0.211. The molecule has 4 N–H and O–H groups in total. The average Bonchev–Trinajstić information content (AvgIpc) is 2.66. The average molecular weight is 352 g/mol. The molecule has 0 saturated heterocycles. The summed E-state index contributed by atoms with van der Waals surface area (Å²) in [5, 5.41) is 3.28. The number of fused-ring (bicyclic) bond motifs is 1. The van der Waals surface area contributed by atoms with E-state index in [1.165, 1.54) is 7.11 Å². The molecule has 0 atom stereocenters. The maximum atomic E-state index is 12.6. The third kappa shape index (κ3) is 2.99. The smallest absolute Gasteiger partial charge is 0.263 e. The molecule has 0 radical (unpaired) electrons. The Hall–Kier alpha value is -3.35. The van der Waals surface area contributed by atoms with E-state index in [0.717, 1.165) is 17.5 Å². The molecule has 0 spiro atoms. The molecule has 0 unspecified atom stereocenters. The van der Waals surface area contributed by atoms with Crippen molar-refractivity contribution >= 4 is 22.5 Å². The second-order valence-corrected chi connectivity index (χ2v) is 5.79. The van der Waals surface area contributed by atoms with Crippen LogP contribution in [0, 0.1) is 0 Å². The third-order valence-corrected chi connectivity index (χ3v) is 4.11. The minimum atomic E-state index is -0.529. The molecule has 26 heavy (non-hydrogen) atoms. The van der Waals surface area contributed by atoms with Crippen molar-refractivity contribution in [2.75, 3.05) is 19.4 Å². The molecule has 2 heterocycles. The zero-order valence-electron chi connectivity index (χ0n) is 14.6. The SMILES string of the molecule is CCCNC(=O)c1c(N)c2cccc(-c3cccnc3OC)c2[nH]c1=O. The Bertz CT molecular complexity index is 1030. The molecule has 0 fully saturated rings. The predicted octanol–water partition coefficient (Wildman–Crippen LogP) is 2.32. The summed E-state index contributed by atoms with van der Waals surface area (Å²) in [4.78, 5) is 31.8. The molecular formula is C19H20N4O3. The number of aromatic nitrogens is 2. The van der Waals surface area contributed by atoms with Crippen LogP contribution in [0.25, 0.3) is 22.0 Å². The number of nitrogens with one attached hydrogen (secondary N) is 2. The maximum absolute atomic E-state index is 12.6. The zero-order chi connectivity index (χ0) is 18.7. The van der Waals surface area contributed by atoms with Crippen molar-refractivity contribution in [3.8, 4) is 17.0 Å². The van der Waals surface area contributed by atoms with Crippen LogP contribution in [0.15, 0.2) is 41.3 Å². The van der Waals surface area contributed by atoms with E-state index in [2.05, 4.69) is 15.3 Å². The van der Waals surface area contributed by atoms with Crippen LogP contribution in [-0.4, -0.2) is 29.5 Å². The van der Waals surface area contributed by atoms with Crippen LogP contribution in [0.4, 0.5) is 5.69 Å². The highest BCUT2D eigenvalue weighted by Crippen LogP contribution is 2.34. The van der Waals surface area contributed by atoms with Crippen molar-refractivity contribution in [2.24, 2.45) is 0 Å². The Balaban J connectivity index is 2.24. The van der Waals surface area contributed by atoms with Gasteiger partial charge in [0.15, 0.2) is 0 Å². The standard InChI is InChI=1S/C19H20N4O3/c1-3-9-21-17(24)14-15(20)13-7-4-6-11(16(13)23-18(14)25)12-8-5-10-22-19(12)26-2/h4-8,10H,3,9H2,1-2H3,(H,21,24)(H3,20,23,25). The molecule has 2 aromatic heterocycles. The van der Waals surface area contributed by atoms with Gasteiger partial charge in [-0.25, -0.2) is 4.98 Å². The molecule has 134 valence electrons. The minimum absolute atomic E-state index is 0.0683. The quantitative estimate of drug-likeness (QED) is 0.653. The number of benzene rings is 1. The van der Waals surface area contributed by atoms with Gasteiger partial charge in [0.05, 0.1) is 18.3 Å². The fourth-order valence-corrected chi connectivity index (χ4v) is 2.88. The van der Waals surface area contributed by atoms with Gasteiger partial charge in [-0.1, -0.05) is 25.1 Å². The van der Waals surface area contributed by atoms with Gasteiger partial charge in [0, 0.05) is 29.3 Å². The predicted molar refractivity (Wildman–Crippen MR) is 101 cm³/mol. The number of nitrogens with zero attached hydrogens (tertiary/aromatic N) is 1. The summed E-state index contributed by atoms with van der Waals surface area (Å²) >= 11 is 0. The number of anilines is 1. The molecular weight excluding hydrogens is 332 g/mol. The van der Waals surface area contributed by atoms with Crippen molar-refractivity contribution in [1.82, 2.24) is 15.3 Å². The van der Waals surface area contributed by atoms with Crippen molar-refractivity contribution in [2.45, 2.75) is 13.3 Å². The lowest BCUT2D eigenvalue weighted by molar-refractivity contribution is 0.0953. The van der Waals surface area contributed by atoms with Gasteiger partial charge in [0.25, 0.3) is 11.5 Å². The number of rotatable bonds is 5.